The number of hydrogen-bond donors (Lipinski definition) is 1. The van der Waals surface area contributed by atoms with E-state index in [0.29, 0.717) is 18.7 Å². The fraction of sp³-hybridized carbons (Fsp3) is 0.500. The van der Waals surface area contributed by atoms with Gasteiger partial charge >= 0.3 is 0 Å². The van der Waals surface area contributed by atoms with Gasteiger partial charge in [-0.05, 0) is 44.9 Å². The van der Waals surface area contributed by atoms with Crippen molar-refractivity contribution < 1.29 is 9.90 Å². The number of aromatic nitrogens is 2. The van der Waals surface area contributed by atoms with Crippen molar-refractivity contribution in [1.29, 1.82) is 0 Å². The van der Waals surface area contributed by atoms with Crippen LogP contribution in [0.5, 0.6) is 0 Å². The summed E-state index contributed by atoms with van der Waals surface area (Å²) in [4.78, 5) is 18.9. The van der Waals surface area contributed by atoms with E-state index in [0.717, 1.165) is 42.8 Å². The van der Waals surface area contributed by atoms with Crippen LogP contribution in [0.1, 0.15) is 53.1 Å². The van der Waals surface area contributed by atoms with Gasteiger partial charge in [0.15, 0.2) is 0 Å². The summed E-state index contributed by atoms with van der Waals surface area (Å²) in [6.45, 7) is 5.04. The van der Waals surface area contributed by atoms with Gasteiger partial charge in [-0.3, -0.25) is 9.78 Å². The maximum Gasteiger partial charge on any atom is 0.255 e. The monoisotopic (exact) mass is 341 g/mol. The second kappa shape index (κ2) is 7.00. The van der Waals surface area contributed by atoms with Gasteiger partial charge in [-0.1, -0.05) is 18.9 Å². The summed E-state index contributed by atoms with van der Waals surface area (Å²) in [5.41, 5.74) is 2.94. The second-order valence-corrected chi connectivity index (χ2v) is 7.28. The number of aryl methyl sites for hydroxylation is 1. The molecule has 0 saturated heterocycles. The maximum atomic E-state index is 12.9. The minimum Gasteiger partial charge on any atom is -0.388 e. The van der Waals surface area contributed by atoms with Crippen LogP contribution in [0.3, 0.4) is 0 Å². The van der Waals surface area contributed by atoms with Gasteiger partial charge in [0.1, 0.15) is 0 Å². The Morgan fingerprint density at radius 2 is 2.04 bits per heavy atom. The van der Waals surface area contributed by atoms with Crippen molar-refractivity contribution in [3.8, 4) is 0 Å². The smallest absolute Gasteiger partial charge is 0.255 e. The maximum absolute atomic E-state index is 12.9. The Morgan fingerprint density at radius 1 is 1.32 bits per heavy atom. The first-order valence-corrected chi connectivity index (χ1v) is 8.94. The summed E-state index contributed by atoms with van der Waals surface area (Å²) in [6, 6.07) is 7.80. The number of rotatable bonds is 5. The van der Waals surface area contributed by atoms with E-state index in [4.69, 9.17) is 0 Å². The fourth-order valence-electron chi connectivity index (χ4n) is 3.82. The Kier molecular flexibility index (Phi) is 4.95. The van der Waals surface area contributed by atoms with E-state index < -0.39 is 5.60 Å². The number of nitrogens with zero attached hydrogens (tertiary/aromatic N) is 3. The van der Waals surface area contributed by atoms with E-state index in [1.165, 1.54) is 0 Å². The Balaban J connectivity index is 1.78. The number of aliphatic hydroxyl groups is 1. The largest absolute Gasteiger partial charge is 0.388 e. The van der Waals surface area contributed by atoms with Crippen LogP contribution >= 0.6 is 0 Å². The van der Waals surface area contributed by atoms with Gasteiger partial charge in [-0.15, -0.1) is 0 Å². The zero-order valence-electron chi connectivity index (χ0n) is 15.3. The van der Waals surface area contributed by atoms with Crippen molar-refractivity contribution >= 4 is 5.91 Å². The minimum absolute atomic E-state index is 0.0271. The van der Waals surface area contributed by atoms with Crippen LogP contribution in [0.15, 0.2) is 30.5 Å². The number of likely N-dealkylation sites (N-methyl/N-ethyl adjacent to an activating group) is 1. The highest BCUT2D eigenvalue weighted by Crippen LogP contribution is 2.30. The van der Waals surface area contributed by atoms with Crippen molar-refractivity contribution in [2.24, 2.45) is 0 Å². The first kappa shape index (κ1) is 17.7. The van der Waals surface area contributed by atoms with Gasteiger partial charge in [-0.25, -0.2) is 0 Å². The summed E-state index contributed by atoms with van der Waals surface area (Å²) in [5, 5.41) is 10.6. The highest BCUT2D eigenvalue weighted by molar-refractivity contribution is 5.95. The number of carbonyl (C=O) groups is 1. The Labute approximate surface area is 149 Å². The molecule has 5 nitrogen and oxygen atoms in total. The first-order valence-electron chi connectivity index (χ1n) is 8.94. The molecule has 0 spiro atoms. The molecule has 3 rings (SSSR count). The van der Waals surface area contributed by atoms with Crippen molar-refractivity contribution in [1.82, 2.24) is 14.5 Å². The number of pyridine rings is 1. The number of carbonyl (C=O) groups excluding carboxylic acids is 1. The zero-order chi connectivity index (χ0) is 18.0. The van der Waals surface area contributed by atoms with Gasteiger partial charge in [-0.2, -0.15) is 0 Å². The van der Waals surface area contributed by atoms with Gasteiger partial charge in [0, 0.05) is 31.2 Å². The lowest BCUT2D eigenvalue weighted by atomic mass is 10.0. The van der Waals surface area contributed by atoms with Gasteiger partial charge in [0.2, 0.25) is 0 Å². The van der Waals surface area contributed by atoms with Crippen molar-refractivity contribution in [3.63, 3.8) is 0 Å². The molecular weight excluding hydrogens is 314 g/mol. The Hall–Kier alpha value is -2.14. The molecule has 0 bridgehead atoms. The predicted octanol–water partition coefficient (Wildman–Crippen LogP) is 2.93. The highest BCUT2D eigenvalue weighted by Gasteiger charge is 2.34. The summed E-state index contributed by atoms with van der Waals surface area (Å²) >= 11 is 0. The van der Waals surface area contributed by atoms with E-state index in [1.54, 1.807) is 18.1 Å². The normalized spacial score (nSPS) is 16.2. The molecule has 1 amide bonds. The quantitative estimate of drug-likeness (QED) is 0.910. The molecule has 2 aromatic rings. The van der Waals surface area contributed by atoms with Crippen LogP contribution in [0.2, 0.25) is 0 Å². The van der Waals surface area contributed by atoms with Gasteiger partial charge < -0.3 is 14.6 Å². The summed E-state index contributed by atoms with van der Waals surface area (Å²) in [5.74, 6) is -0.0271. The van der Waals surface area contributed by atoms with Crippen LogP contribution in [-0.4, -0.2) is 44.7 Å². The SMILES string of the molecule is Cc1cc(C(=O)N(C)CC2(O)CCCC2)c(C)n1Cc1ccccn1. The lowest BCUT2D eigenvalue weighted by molar-refractivity contribution is 0.0156. The third-order valence-electron chi connectivity index (χ3n) is 5.26. The molecule has 1 N–H and O–H groups in total. The molecule has 5 heteroatoms. The van der Waals surface area contributed by atoms with Gasteiger partial charge in [0.25, 0.3) is 5.91 Å². The minimum atomic E-state index is -0.718. The van der Waals surface area contributed by atoms with Gasteiger partial charge in [0.05, 0.1) is 23.4 Å². The van der Waals surface area contributed by atoms with Crippen molar-refractivity contribution in [2.45, 2.75) is 51.7 Å². The highest BCUT2D eigenvalue weighted by atomic mass is 16.3. The molecule has 134 valence electrons. The molecule has 0 aliphatic heterocycles. The number of amides is 1. The third kappa shape index (κ3) is 3.76. The molecule has 0 unspecified atom stereocenters. The molecule has 0 radical (unpaired) electrons. The van der Waals surface area contributed by atoms with Crippen LogP contribution in [0.4, 0.5) is 0 Å². The average molecular weight is 341 g/mol. The molecule has 25 heavy (non-hydrogen) atoms. The van der Waals surface area contributed by atoms with E-state index in [2.05, 4.69) is 9.55 Å². The lowest BCUT2D eigenvalue weighted by Crippen LogP contribution is -2.42. The van der Waals surface area contributed by atoms with E-state index in [9.17, 15) is 9.90 Å². The predicted molar refractivity (Wildman–Crippen MR) is 97.6 cm³/mol. The van der Waals surface area contributed by atoms with Crippen LogP contribution in [0, 0.1) is 13.8 Å². The van der Waals surface area contributed by atoms with Crippen LogP contribution < -0.4 is 0 Å². The third-order valence-corrected chi connectivity index (χ3v) is 5.26. The molecule has 2 heterocycles. The Morgan fingerprint density at radius 3 is 2.68 bits per heavy atom. The molecule has 1 fully saturated rings. The summed E-state index contributed by atoms with van der Waals surface area (Å²) in [7, 11) is 1.78. The van der Waals surface area contributed by atoms with E-state index >= 15 is 0 Å². The standard InChI is InChI=1S/C20H27N3O2/c1-15-12-18(16(2)23(15)13-17-8-4-7-11-21-17)19(24)22(3)14-20(25)9-5-6-10-20/h4,7-8,11-12,25H,5-6,9-10,13-14H2,1-3H3. The molecule has 0 aromatic carbocycles. The average Bonchev–Trinajstić information content (AvgIpc) is 3.13. The molecule has 0 atom stereocenters. The number of hydrogen-bond acceptors (Lipinski definition) is 3. The topological polar surface area (TPSA) is 58.4 Å². The second-order valence-electron chi connectivity index (χ2n) is 7.28. The zero-order valence-corrected chi connectivity index (χ0v) is 15.3. The van der Waals surface area contributed by atoms with Crippen molar-refractivity contribution in [2.75, 3.05) is 13.6 Å². The Bertz CT molecular complexity index is 746. The lowest BCUT2D eigenvalue weighted by Gasteiger charge is -2.28. The molecule has 1 aliphatic carbocycles. The summed E-state index contributed by atoms with van der Waals surface area (Å²) < 4.78 is 2.12. The molecular formula is C20H27N3O2. The fourth-order valence-corrected chi connectivity index (χ4v) is 3.82. The van der Waals surface area contributed by atoms with E-state index in [-0.39, 0.29) is 5.91 Å². The van der Waals surface area contributed by atoms with Crippen LogP contribution in [-0.2, 0) is 6.54 Å². The first-order chi connectivity index (χ1) is 11.9. The molecule has 1 saturated carbocycles. The molecule has 1 aliphatic rings. The van der Waals surface area contributed by atoms with Crippen LogP contribution in [0.25, 0.3) is 0 Å². The van der Waals surface area contributed by atoms with Crippen molar-refractivity contribution in [3.05, 3.63) is 53.1 Å². The molecule has 2 aromatic heterocycles. The van der Waals surface area contributed by atoms with E-state index in [1.807, 2.05) is 38.1 Å². The summed E-state index contributed by atoms with van der Waals surface area (Å²) in [6.07, 6.45) is 5.42.